The molecule has 2 aromatic carbocycles. The first-order chi connectivity index (χ1) is 13.7. The second kappa shape index (κ2) is 8.24. The van der Waals surface area contributed by atoms with Crippen molar-refractivity contribution in [3.8, 4) is 23.0 Å². The third kappa shape index (κ3) is 3.72. The van der Waals surface area contributed by atoms with Crippen LogP contribution in [0.2, 0.25) is 0 Å². The molecular weight excluding hydrogens is 366 g/mol. The van der Waals surface area contributed by atoms with Crippen molar-refractivity contribution in [2.45, 2.75) is 18.4 Å². The van der Waals surface area contributed by atoms with Gasteiger partial charge in [0.15, 0.2) is 29.3 Å². The molecule has 28 heavy (non-hydrogen) atoms. The van der Waals surface area contributed by atoms with Gasteiger partial charge in [-0.2, -0.15) is 0 Å². The normalized spacial score (nSPS) is 16.4. The van der Waals surface area contributed by atoms with Crippen LogP contribution in [0.15, 0.2) is 36.4 Å². The highest BCUT2D eigenvalue weighted by Crippen LogP contribution is 2.40. The van der Waals surface area contributed by atoms with Crippen molar-refractivity contribution in [2.75, 3.05) is 34.4 Å². The van der Waals surface area contributed by atoms with E-state index in [1.165, 1.54) is 0 Å². The molecular formula is C20H23NO7. The summed E-state index contributed by atoms with van der Waals surface area (Å²) in [7, 11) is 3.14. The van der Waals surface area contributed by atoms with Crippen molar-refractivity contribution in [3.63, 3.8) is 0 Å². The average Bonchev–Trinajstić information content (AvgIpc) is 3.38. The number of aliphatic hydroxyl groups is 1. The smallest absolute Gasteiger partial charge is 0.231 e. The Bertz CT molecular complexity index is 824. The molecule has 0 bridgehead atoms. The SMILES string of the molecule is COC(CNC(c1ccc2c(c1)OCO2)C(O)c1ccc2c(c1)OCO2)OC. The van der Waals surface area contributed by atoms with Crippen molar-refractivity contribution >= 4 is 0 Å². The predicted octanol–water partition coefficient (Wildman–Crippen LogP) is 2.13. The van der Waals surface area contributed by atoms with Crippen LogP contribution in [0.3, 0.4) is 0 Å². The lowest BCUT2D eigenvalue weighted by atomic mass is 9.95. The lowest BCUT2D eigenvalue weighted by Gasteiger charge is -2.27. The van der Waals surface area contributed by atoms with Gasteiger partial charge in [0.1, 0.15) is 0 Å². The molecule has 0 saturated heterocycles. The van der Waals surface area contributed by atoms with E-state index in [0.29, 0.717) is 35.1 Å². The molecule has 0 aliphatic carbocycles. The Morgan fingerprint density at radius 3 is 2.00 bits per heavy atom. The molecule has 8 heteroatoms. The average molecular weight is 389 g/mol. The van der Waals surface area contributed by atoms with E-state index in [1.807, 2.05) is 24.3 Å². The first-order valence-electron chi connectivity index (χ1n) is 8.95. The fourth-order valence-electron chi connectivity index (χ4n) is 3.29. The van der Waals surface area contributed by atoms with Crippen LogP contribution in [0.5, 0.6) is 23.0 Å². The second-order valence-electron chi connectivity index (χ2n) is 6.46. The number of aliphatic hydroxyl groups excluding tert-OH is 1. The third-order valence-electron chi connectivity index (χ3n) is 4.84. The first-order valence-corrected chi connectivity index (χ1v) is 8.95. The first kappa shape index (κ1) is 18.8. The summed E-state index contributed by atoms with van der Waals surface area (Å²) in [5.41, 5.74) is 1.55. The second-order valence-corrected chi connectivity index (χ2v) is 6.46. The largest absolute Gasteiger partial charge is 0.454 e. The lowest BCUT2D eigenvalue weighted by Crippen LogP contribution is -2.35. The van der Waals surface area contributed by atoms with Crippen molar-refractivity contribution < 1.29 is 33.5 Å². The van der Waals surface area contributed by atoms with Crippen LogP contribution in [0.4, 0.5) is 0 Å². The molecule has 150 valence electrons. The maximum atomic E-state index is 11.2. The zero-order valence-electron chi connectivity index (χ0n) is 15.7. The molecule has 0 spiro atoms. The van der Waals surface area contributed by atoms with Gasteiger partial charge in [-0.25, -0.2) is 0 Å². The van der Waals surface area contributed by atoms with E-state index in [-0.39, 0.29) is 13.6 Å². The summed E-state index contributed by atoms with van der Waals surface area (Å²) in [5, 5.41) is 14.5. The number of hydrogen-bond donors (Lipinski definition) is 2. The molecule has 0 saturated carbocycles. The Balaban J connectivity index is 1.61. The fraction of sp³-hybridized carbons (Fsp3) is 0.400. The summed E-state index contributed by atoms with van der Waals surface area (Å²) in [6.07, 6.45) is -1.30. The number of rotatable bonds is 8. The molecule has 2 heterocycles. The van der Waals surface area contributed by atoms with E-state index in [0.717, 1.165) is 5.56 Å². The van der Waals surface area contributed by atoms with Crippen LogP contribution in [0, 0.1) is 0 Å². The number of hydrogen-bond acceptors (Lipinski definition) is 8. The highest BCUT2D eigenvalue weighted by Gasteiger charge is 2.27. The van der Waals surface area contributed by atoms with Gasteiger partial charge in [-0.3, -0.25) is 0 Å². The Morgan fingerprint density at radius 2 is 1.39 bits per heavy atom. The van der Waals surface area contributed by atoms with E-state index >= 15 is 0 Å². The van der Waals surface area contributed by atoms with Gasteiger partial charge in [-0.05, 0) is 35.4 Å². The molecule has 0 amide bonds. The monoisotopic (exact) mass is 389 g/mol. The van der Waals surface area contributed by atoms with E-state index in [1.54, 1.807) is 26.4 Å². The predicted molar refractivity (Wildman–Crippen MR) is 98.6 cm³/mol. The van der Waals surface area contributed by atoms with Crippen LogP contribution in [0.25, 0.3) is 0 Å². The van der Waals surface area contributed by atoms with Crippen LogP contribution in [0.1, 0.15) is 23.3 Å². The van der Waals surface area contributed by atoms with Gasteiger partial charge >= 0.3 is 0 Å². The van der Waals surface area contributed by atoms with Gasteiger partial charge in [0.25, 0.3) is 0 Å². The standard InChI is InChI=1S/C20H23NO7/c1-23-18(24-2)9-21-19(12-3-5-14-16(7-12)27-10-25-14)20(22)13-4-6-15-17(8-13)28-11-26-15/h3-8,18-22H,9-11H2,1-2H3. The van der Waals surface area contributed by atoms with Gasteiger partial charge < -0.3 is 38.8 Å². The van der Waals surface area contributed by atoms with E-state index in [4.69, 9.17) is 28.4 Å². The molecule has 2 aliphatic rings. The number of methoxy groups -OCH3 is 2. The Hall–Kier alpha value is -2.52. The maximum absolute atomic E-state index is 11.2. The van der Waals surface area contributed by atoms with Gasteiger partial charge in [0, 0.05) is 20.8 Å². The minimum atomic E-state index is -0.857. The Morgan fingerprint density at radius 1 is 0.857 bits per heavy atom. The van der Waals surface area contributed by atoms with E-state index in [9.17, 15) is 5.11 Å². The summed E-state index contributed by atoms with van der Waals surface area (Å²) in [4.78, 5) is 0. The maximum Gasteiger partial charge on any atom is 0.231 e. The number of fused-ring (bicyclic) bond motifs is 2. The van der Waals surface area contributed by atoms with Crippen LogP contribution in [-0.2, 0) is 9.47 Å². The van der Waals surface area contributed by atoms with E-state index in [2.05, 4.69) is 5.32 Å². The highest BCUT2D eigenvalue weighted by molar-refractivity contribution is 5.48. The van der Waals surface area contributed by atoms with Crippen molar-refractivity contribution in [1.29, 1.82) is 0 Å². The van der Waals surface area contributed by atoms with Gasteiger partial charge in [-0.1, -0.05) is 12.1 Å². The zero-order chi connectivity index (χ0) is 19.5. The molecule has 2 unspecified atom stereocenters. The van der Waals surface area contributed by atoms with Crippen molar-refractivity contribution in [3.05, 3.63) is 47.5 Å². The summed E-state index contributed by atoms with van der Waals surface area (Å²) in [6.45, 7) is 0.757. The fourth-order valence-corrected chi connectivity index (χ4v) is 3.29. The summed E-state index contributed by atoms with van der Waals surface area (Å²) in [6, 6.07) is 10.6. The number of ether oxygens (including phenoxy) is 6. The number of benzene rings is 2. The highest BCUT2D eigenvalue weighted by atomic mass is 16.7. The zero-order valence-corrected chi connectivity index (χ0v) is 15.7. The molecule has 0 fully saturated rings. The Kier molecular flexibility index (Phi) is 5.54. The summed E-state index contributed by atoms with van der Waals surface area (Å²) >= 11 is 0. The van der Waals surface area contributed by atoms with Crippen LogP contribution in [-0.4, -0.2) is 45.7 Å². The van der Waals surface area contributed by atoms with Crippen LogP contribution < -0.4 is 24.3 Å². The van der Waals surface area contributed by atoms with Gasteiger partial charge in [0.2, 0.25) is 13.6 Å². The minimum absolute atomic E-state index is 0.183. The summed E-state index contributed by atoms with van der Waals surface area (Å²) < 4.78 is 32.2. The number of nitrogens with one attached hydrogen (secondary N) is 1. The molecule has 0 radical (unpaired) electrons. The van der Waals surface area contributed by atoms with Gasteiger partial charge in [-0.15, -0.1) is 0 Å². The molecule has 0 aromatic heterocycles. The molecule has 2 aliphatic heterocycles. The molecule has 2 aromatic rings. The minimum Gasteiger partial charge on any atom is -0.454 e. The summed E-state index contributed by atoms with van der Waals surface area (Å²) in [5.74, 6) is 2.62. The van der Waals surface area contributed by atoms with Crippen LogP contribution >= 0.6 is 0 Å². The van der Waals surface area contributed by atoms with Gasteiger partial charge in [0.05, 0.1) is 12.1 Å². The molecule has 2 atom stereocenters. The Labute approximate surface area is 162 Å². The third-order valence-corrected chi connectivity index (χ3v) is 4.84. The van der Waals surface area contributed by atoms with Crippen molar-refractivity contribution in [2.24, 2.45) is 0 Å². The topological polar surface area (TPSA) is 87.6 Å². The molecule has 2 N–H and O–H groups in total. The molecule has 8 nitrogen and oxygen atoms in total. The van der Waals surface area contributed by atoms with Crippen molar-refractivity contribution in [1.82, 2.24) is 5.32 Å². The molecule has 4 rings (SSSR count). The van der Waals surface area contributed by atoms with E-state index < -0.39 is 18.4 Å². The lowest BCUT2D eigenvalue weighted by molar-refractivity contribution is -0.101. The quantitative estimate of drug-likeness (QED) is 0.664.